The highest BCUT2D eigenvalue weighted by Gasteiger charge is 2.17. The van der Waals surface area contributed by atoms with Gasteiger partial charge in [0.2, 0.25) is 0 Å². The van der Waals surface area contributed by atoms with Crippen molar-refractivity contribution >= 4 is 17.5 Å². The van der Waals surface area contributed by atoms with Crippen molar-refractivity contribution in [1.82, 2.24) is 4.90 Å². The zero-order valence-corrected chi connectivity index (χ0v) is 10.5. The summed E-state index contributed by atoms with van der Waals surface area (Å²) in [6.45, 7) is 0.331. The fourth-order valence-corrected chi connectivity index (χ4v) is 1.77. The van der Waals surface area contributed by atoms with E-state index < -0.39 is 0 Å². The topological polar surface area (TPSA) is 53.7 Å². The van der Waals surface area contributed by atoms with E-state index in [9.17, 15) is 9.90 Å². The number of furan rings is 1. The van der Waals surface area contributed by atoms with E-state index in [0.29, 0.717) is 17.3 Å². The van der Waals surface area contributed by atoms with Crippen molar-refractivity contribution in [3.63, 3.8) is 0 Å². The van der Waals surface area contributed by atoms with Gasteiger partial charge in [-0.1, -0.05) is 11.6 Å². The summed E-state index contributed by atoms with van der Waals surface area (Å²) >= 11 is 5.81. The van der Waals surface area contributed by atoms with E-state index in [1.807, 2.05) is 0 Å². The molecule has 1 N–H and O–H groups in total. The highest BCUT2D eigenvalue weighted by Crippen LogP contribution is 2.23. The minimum absolute atomic E-state index is 0.0873. The largest absolute Gasteiger partial charge is 0.507 e. The summed E-state index contributed by atoms with van der Waals surface area (Å²) in [6, 6.07) is 7.90. The van der Waals surface area contributed by atoms with Crippen LogP contribution in [0.3, 0.4) is 0 Å². The lowest BCUT2D eigenvalue weighted by atomic mass is 10.1. The van der Waals surface area contributed by atoms with Crippen molar-refractivity contribution < 1.29 is 14.3 Å². The zero-order valence-electron chi connectivity index (χ0n) is 9.76. The molecule has 4 nitrogen and oxygen atoms in total. The molecule has 94 valence electrons. The van der Waals surface area contributed by atoms with Crippen LogP contribution < -0.4 is 0 Å². The molecule has 1 heterocycles. The van der Waals surface area contributed by atoms with Crippen LogP contribution in [0.2, 0.25) is 5.02 Å². The SMILES string of the molecule is CN(Cc1ccco1)C(=O)c1cc(Cl)ccc1O. The third-order valence-electron chi connectivity index (χ3n) is 2.51. The van der Waals surface area contributed by atoms with Gasteiger partial charge >= 0.3 is 0 Å². The van der Waals surface area contributed by atoms with Gasteiger partial charge < -0.3 is 14.4 Å². The van der Waals surface area contributed by atoms with Crippen LogP contribution in [0.1, 0.15) is 16.1 Å². The minimum atomic E-state index is -0.314. The van der Waals surface area contributed by atoms with E-state index in [2.05, 4.69) is 0 Å². The van der Waals surface area contributed by atoms with Crippen LogP contribution in [0.4, 0.5) is 0 Å². The molecule has 0 aliphatic rings. The molecule has 2 aromatic rings. The summed E-state index contributed by atoms with van der Waals surface area (Å²) < 4.78 is 5.16. The normalized spacial score (nSPS) is 10.3. The smallest absolute Gasteiger partial charge is 0.257 e. The van der Waals surface area contributed by atoms with Crippen LogP contribution in [-0.2, 0) is 6.54 Å². The van der Waals surface area contributed by atoms with Gasteiger partial charge in [-0.25, -0.2) is 0 Å². The van der Waals surface area contributed by atoms with Crippen molar-refractivity contribution in [2.24, 2.45) is 0 Å². The number of nitrogens with zero attached hydrogens (tertiary/aromatic N) is 1. The Balaban J connectivity index is 2.17. The van der Waals surface area contributed by atoms with Crippen molar-refractivity contribution in [3.8, 4) is 5.75 Å². The molecule has 18 heavy (non-hydrogen) atoms. The van der Waals surface area contributed by atoms with E-state index in [-0.39, 0.29) is 17.2 Å². The maximum Gasteiger partial charge on any atom is 0.257 e. The van der Waals surface area contributed by atoms with E-state index in [1.165, 1.54) is 23.1 Å². The minimum Gasteiger partial charge on any atom is -0.507 e. The first-order valence-corrected chi connectivity index (χ1v) is 5.72. The van der Waals surface area contributed by atoms with Gasteiger partial charge in [-0.05, 0) is 30.3 Å². The average molecular weight is 266 g/mol. The number of halogens is 1. The highest BCUT2D eigenvalue weighted by molar-refractivity contribution is 6.31. The second-order valence-electron chi connectivity index (χ2n) is 3.90. The van der Waals surface area contributed by atoms with E-state index in [1.54, 1.807) is 25.4 Å². The van der Waals surface area contributed by atoms with Crippen LogP contribution in [0.15, 0.2) is 41.0 Å². The molecule has 0 aliphatic carbocycles. The van der Waals surface area contributed by atoms with Crippen LogP contribution in [0.25, 0.3) is 0 Å². The molecule has 0 unspecified atom stereocenters. The second-order valence-corrected chi connectivity index (χ2v) is 4.34. The van der Waals surface area contributed by atoms with Crippen LogP contribution in [-0.4, -0.2) is 23.0 Å². The Labute approximate surface area is 109 Å². The number of phenols is 1. The molecule has 0 spiro atoms. The Morgan fingerprint density at radius 2 is 2.22 bits per heavy atom. The lowest BCUT2D eigenvalue weighted by molar-refractivity contribution is 0.0772. The van der Waals surface area contributed by atoms with Gasteiger partial charge in [-0.3, -0.25) is 4.79 Å². The van der Waals surface area contributed by atoms with E-state index in [4.69, 9.17) is 16.0 Å². The van der Waals surface area contributed by atoms with Crippen LogP contribution >= 0.6 is 11.6 Å². The van der Waals surface area contributed by atoms with Gasteiger partial charge in [0.05, 0.1) is 18.4 Å². The monoisotopic (exact) mass is 265 g/mol. The van der Waals surface area contributed by atoms with Gasteiger partial charge in [0.15, 0.2) is 0 Å². The second kappa shape index (κ2) is 5.14. The van der Waals surface area contributed by atoms with Crippen molar-refractivity contribution in [3.05, 3.63) is 52.9 Å². The average Bonchev–Trinajstić information content (AvgIpc) is 2.84. The molecule has 2 rings (SSSR count). The number of hydrogen-bond donors (Lipinski definition) is 1. The summed E-state index contributed by atoms with van der Waals surface area (Å²) in [7, 11) is 1.63. The predicted molar refractivity (Wildman–Crippen MR) is 67.6 cm³/mol. The summed E-state index contributed by atoms with van der Waals surface area (Å²) in [4.78, 5) is 13.6. The van der Waals surface area contributed by atoms with Crippen LogP contribution in [0, 0.1) is 0 Å². The Morgan fingerprint density at radius 3 is 2.89 bits per heavy atom. The first kappa shape index (κ1) is 12.5. The fourth-order valence-electron chi connectivity index (χ4n) is 1.59. The van der Waals surface area contributed by atoms with Crippen molar-refractivity contribution in [2.75, 3.05) is 7.05 Å². The van der Waals surface area contributed by atoms with Crippen molar-refractivity contribution in [2.45, 2.75) is 6.54 Å². The number of rotatable bonds is 3. The molecule has 0 radical (unpaired) electrons. The Bertz CT molecular complexity index is 551. The summed E-state index contributed by atoms with van der Waals surface area (Å²) in [6.07, 6.45) is 1.55. The number of carbonyl (C=O) groups is 1. The Hall–Kier alpha value is -1.94. The first-order chi connectivity index (χ1) is 8.58. The standard InChI is InChI=1S/C13H12ClNO3/c1-15(8-10-3-2-6-18-10)13(17)11-7-9(14)4-5-12(11)16/h2-7,16H,8H2,1H3. The molecule has 0 atom stereocenters. The molecule has 1 aromatic carbocycles. The Morgan fingerprint density at radius 1 is 1.44 bits per heavy atom. The van der Waals surface area contributed by atoms with Crippen molar-refractivity contribution in [1.29, 1.82) is 0 Å². The third kappa shape index (κ3) is 2.65. The summed E-state index contributed by atoms with van der Waals surface area (Å²) in [5.74, 6) is 0.273. The van der Waals surface area contributed by atoms with Gasteiger partial charge in [0.25, 0.3) is 5.91 Å². The van der Waals surface area contributed by atoms with E-state index in [0.717, 1.165) is 0 Å². The highest BCUT2D eigenvalue weighted by atomic mass is 35.5. The lowest BCUT2D eigenvalue weighted by Gasteiger charge is -2.16. The predicted octanol–water partition coefficient (Wildman–Crippen LogP) is 2.91. The molecule has 0 fully saturated rings. The molecule has 0 bridgehead atoms. The Kier molecular flexibility index (Phi) is 3.58. The fraction of sp³-hybridized carbons (Fsp3) is 0.154. The quantitative estimate of drug-likeness (QED) is 0.928. The first-order valence-electron chi connectivity index (χ1n) is 5.34. The number of carbonyl (C=O) groups excluding carboxylic acids is 1. The molecule has 0 saturated heterocycles. The molecule has 1 amide bonds. The van der Waals surface area contributed by atoms with Gasteiger partial charge in [0, 0.05) is 12.1 Å². The molecule has 1 aromatic heterocycles. The maximum absolute atomic E-state index is 12.1. The van der Waals surface area contributed by atoms with Crippen LogP contribution in [0.5, 0.6) is 5.75 Å². The summed E-state index contributed by atoms with van der Waals surface area (Å²) in [5, 5.41) is 10.1. The lowest BCUT2D eigenvalue weighted by Crippen LogP contribution is -2.26. The number of amides is 1. The number of benzene rings is 1. The zero-order chi connectivity index (χ0) is 13.1. The van der Waals surface area contributed by atoms with Gasteiger partial charge in [-0.15, -0.1) is 0 Å². The maximum atomic E-state index is 12.1. The molecule has 0 saturated carbocycles. The van der Waals surface area contributed by atoms with Gasteiger partial charge in [0.1, 0.15) is 11.5 Å². The number of aromatic hydroxyl groups is 1. The number of hydrogen-bond acceptors (Lipinski definition) is 3. The molecular weight excluding hydrogens is 254 g/mol. The van der Waals surface area contributed by atoms with Gasteiger partial charge in [-0.2, -0.15) is 0 Å². The van der Waals surface area contributed by atoms with E-state index >= 15 is 0 Å². The molecule has 0 aliphatic heterocycles. The number of phenolic OH excluding ortho intramolecular Hbond substituents is 1. The third-order valence-corrected chi connectivity index (χ3v) is 2.74. The summed E-state index contributed by atoms with van der Waals surface area (Å²) in [5.41, 5.74) is 0.177. The molecule has 5 heteroatoms. The molecular formula is C13H12ClNO3.